The standard InChI is InChI=1S/C14H18N2O/c1-11-5-3-4-6-13(11)17-10-14(9-15,16-2)12-7-8-12/h3-6,12,16H,7-8,10H2,1-2H3. The van der Waals surface area contributed by atoms with Gasteiger partial charge >= 0.3 is 0 Å². The van der Waals surface area contributed by atoms with E-state index in [1.54, 1.807) is 0 Å². The van der Waals surface area contributed by atoms with Crippen LogP contribution in [0.15, 0.2) is 24.3 Å². The number of nitriles is 1. The first-order valence-electron chi connectivity index (χ1n) is 6.00. The molecule has 0 bridgehead atoms. The molecular weight excluding hydrogens is 212 g/mol. The summed E-state index contributed by atoms with van der Waals surface area (Å²) < 4.78 is 5.80. The first kappa shape index (κ1) is 11.9. The molecule has 0 radical (unpaired) electrons. The summed E-state index contributed by atoms with van der Waals surface area (Å²) >= 11 is 0. The number of hydrogen-bond donors (Lipinski definition) is 1. The highest BCUT2D eigenvalue weighted by atomic mass is 16.5. The third-order valence-electron chi connectivity index (χ3n) is 3.47. The molecule has 0 heterocycles. The van der Waals surface area contributed by atoms with Gasteiger partial charge in [0.1, 0.15) is 17.9 Å². The summed E-state index contributed by atoms with van der Waals surface area (Å²) in [7, 11) is 1.84. The molecule has 3 nitrogen and oxygen atoms in total. The van der Waals surface area contributed by atoms with Gasteiger partial charge in [-0.3, -0.25) is 5.32 Å². The van der Waals surface area contributed by atoms with Gasteiger partial charge in [-0.25, -0.2) is 0 Å². The number of likely N-dealkylation sites (N-methyl/N-ethyl adjacent to an activating group) is 1. The summed E-state index contributed by atoms with van der Waals surface area (Å²) in [6, 6.07) is 10.3. The highest BCUT2D eigenvalue weighted by Gasteiger charge is 2.45. The monoisotopic (exact) mass is 230 g/mol. The Morgan fingerprint density at radius 2 is 2.18 bits per heavy atom. The van der Waals surface area contributed by atoms with E-state index < -0.39 is 5.54 Å². The van der Waals surface area contributed by atoms with Crippen molar-refractivity contribution < 1.29 is 4.74 Å². The van der Waals surface area contributed by atoms with Crippen LogP contribution in [0, 0.1) is 24.2 Å². The van der Waals surface area contributed by atoms with Crippen molar-refractivity contribution in [1.82, 2.24) is 5.32 Å². The van der Waals surface area contributed by atoms with Crippen molar-refractivity contribution in [3.63, 3.8) is 0 Å². The van der Waals surface area contributed by atoms with E-state index >= 15 is 0 Å². The Morgan fingerprint density at radius 3 is 2.71 bits per heavy atom. The number of rotatable bonds is 5. The van der Waals surface area contributed by atoms with Gasteiger partial charge in [0.05, 0.1) is 6.07 Å². The van der Waals surface area contributed by atoms with Crippen molar-refractivity contribution in [2.24, 2.45) is 5.92 Å². The summed E-state index contributed by atoms with van der Waals surface area (Å²) in [5, 5.41) is 12.5. The van der Waals surface area contributed by atoms with Crippen molar-refractivity contribution in [1.29, 1.82) is 5.26 Å². The van der Waals surface area contributed by atoms with Crippen LogP contribution >= 0.6 is 0 Å². The highest BCUT2D eigenvalue weighted by molar-refractivity contribution is 5.32. The third kappa shape index (κ3) is 2.42. The molecule has 3 heteroatoms. The minimum atomic E-state index is -0.526. The maximum atomic E-state index is 9.34. The fourth-order valence-electron chi connectivity index (χ4n) is 2.06. The average Bonchev–Trinajstić information content (AvgIpc) is 3.18. The maximum Gasteiger partial charge on any atom is 0.143 e. The number of nitrogens with one attached hydrogen (secondary N) is 1. The zero-order chi connectivity index (χ0) is 12.3. The summed E-state index contributed by atoms with van der Waals surface area (Å²) in [6.07, 6.45) is 2.23. The fraction of sp³-hybridized carbons (Fsp3) is 0.500. The van der Waals surface area contributed by atoms with Crippen molar-refractivity contribution in [2.75, 3.05) is 13.7 Å². The Kier molecular flexibility index (Phi) is 3.35. The normalized spacial score (nSPS) is 18.2. The molecule has 1 saturated carbocycles. The molecule has 1 fully saturated rings. The molecule has 1 unspecified atom stereocenters. The molecule has 0 saturated heterocycles. The van der Waals surface area contributed by atoms with E-state index in [1.165, 1.54) is 0 Å². The minimum absolute atomic E-state index is 0.412. The molecule has 1 atom stereocenters. The molecule has 1 aromatic rings. The van der Waals surface area contributed by atoms with E-state index in [4.69, 9.17) is 4.74 Å². The quantitative estimate of drug-likeness (QED) is 0.844. The van der Waals surface area contributed by atoms with Crippen LogP contribution in [0.3, 0.4) is 0 Å². The zero-order valence-electron chi connectivity index (χ0n) is 10.4. The minimum Gasteiger partial charge on any atom is -0.490 e. The molecular formula is C14H18N2O. The van der Waals surface area contributed by atoms with Gasteiger partial charge in [0.25, 0.3) is 0 Å². The van der Waals surface area contributed by atoms with E-state index in [0.29, 0.717) is 12.5 Å². The zero-order valence-corrected chi connectivity index (χ0v) is 10.4. The van der Waals surface area contributed by atoms with Crippen LogP contribution in [0.4, 0.5) is 0 Å². The summed E-state index contributed by atoms with van der Waals surface area (Å²) in [6.45, 7) is 2.43. The molecule has 1 N–H and O–H groups in total. The van der Waals surface area contributed by atoms with Crippen LogP contribution in [0.1, 0.15) is 18.4 Å². The Hall–Kier alpha value is -1.53. The molecule has 0 amide bonds. The largest absolute Gasteiger partial charge is 0.490 e. The molecule has 1 aliphatic rings. The lowest BCUT2D eigenvalue weighted by Gasteiger charge is -2.26. The second-order valence-corrected chi connectivity index (χ2v) is 4.66. The number of nitrogens with zero attached hydrogens (tertiary/aromatic N) is 1. The lowest BCUT2D eigenvalue weighted by molar-refractivity contribution is 0.210. The molecule has 0 aromatic heterocycles. The predicted molar refractivity (Wildman–Crippen MR) is 66.8 cm³/mol. The third-order valence-corrected chi connectivity index (χ3v) is 3.47. The first-order valence-corrected chi connectivity index (χ1v) is 6.00. The number of para-hydroxylation sites is 1. The molecule has 90 valence electrons. The molecule has 1 aromatic carbocycles. The van der Waals surface area contributed by atoms with Crippen molar-refractivity contribution in [3.8, 4) is 11.8 Å². The second kappa shape index (κ2) is 4.77. The lowest BCUT2D eigenvalue weighted by atomic mass is 9.96. The molecule has 2 rings (SSSR count). The van der Waals surface area contributed by atoms with Gasteiger partial charge in [-0.05, 0) is 44.4 Å². The van der Waals surface area contributed by atoms with Gasteiger partial charge in [0.2, 0.25) is 0 Å². The predicted octanol–water partition coefficient (Wildman–Crippen LogP) is 2.27. The van der Waals surface area contributed by atoms with Crippen molar-refractivity contribution >= 4 is 0 Å². The van der Waals surface area contributed by atoms with Gasteiger partial charge in [0, 0.05) is 0 Å². The highest BCUT2D eigenvalue weighted by Crippen LogP contribution is 2.39. The van der Waals surface area contributed by atoms with Crippen LogP contribution in [0.5, 0.6) is 5.75 Å². The second-order valence-electron chi connectivity index (χ2n) is 4.66. The SMILES string of the molecule is CNC(C#N)(COc1ccccc1C)C1CC1. The van der Waals surface area contributed by atoms with Crippen LogP contribution < -0.4 is 10.1 Å². The van der Waals surface area contributed by atoms with E-state index in [1.807, 2.05) is 38.2 Å². The number of hydrogen-bond acceptors (Lipinski definition) is 3. The topological polar surface area (TPSA) is 45.0 Å². The number of ether oxygens (including phenoxy) is 1. The Balaban J connectivity index is 2.06. The number of benzene rings is 1. The summed E-state index contributed by atoms with van der Waals surface area (Å²) in [5.41, 5.74) is 0.577. The van der Waals surface area contributed by atoms with E-state index in [0.717, 1.165) is 24.2 Å². The van der Waals surface area contributed by atoms with Crippen LogP contribution in [0.2, 0.25) is 0 Å². The number of aryl methyl sites for hydroxylation is 1. The van der Waals surface area contributed by atoms with Gasteiger partial charge in [-0.2, -0.15) is 5.26 Å². The van der Waals surface area contributed by atoms with Crippen LogP contribution in [-0.2, 0) is 0 Å². The van der Waals surface area contributed by atoms with Crippen LogP contribution in [-0.4, -0.2) is 19.2 Å². The van der Waals surface area contributed by atoms with E-state index in [-0.39, 0.29) is 0 Å². The lowest BCUT2D eigenvalue weighted by Crippen LogP contribution is -2.49. The van der Waals surface area contributed by atoms with Gasteiger partial charge in [0.15, 0.2) is 0 Å². The fourth-order valence-corrected chi connectivity index (χ4v) is 2.06. The Morgan fingerprint density at radius 1 is 1.47 bits per heavy atom. The molecule has 0 aliphatic heterocycles. The maximum absolute atomic E-state index is 9.34. The smallest absolute Gasteiger partial charge is 0.143 e. The molecule has 0 spiro atoms. The average molecular weight is 230 g/mol. The summed E-state index contributed by atoms with van der Waals surface area (Å²) in [4.78, 5) is 0. The van der Waals surface area contributed by atoms with Crippen LogP contribution in [0.25, 0.3) is 0 Å². The van der Waals surface area contributed by atoms with Gasteiger partial charge in [-0.15, -0.1) is 0 Å². The molecule has 1 aliphatic carbocycles. The first-order chi connectivity index (χ1) is 8.22. The van der Waals surface area contributed by atoms with Crippen molar-refractivity contribution in [2.45, 2.75) is 25.3 Å². The van der Waals surface area contributed by atoms with Gasteiger partial charge in [-0.1, -0.05) is 18.2 Å². The van der Waals surface area contributed by atoms with Crippen molar-refractivity contribution in [3.05, 3.63) is 29.8 Å². The van der Waals surface area contributed by atoms with E-state index in [9.17, 15) is 5.26 Å². The van der Waals surface area contributed by atoms with Gasteiger partial charge < -0.3 is 4.74 Å². The Bertz CT molecular complexity index is 434. The Labute approximate surface area is 102 Å². The summed E-state index contributed by atoms with van der Waals surface area (Å²) in [5.74, 6) is 1.30. The van der Waals surface area contributed by atoms with E-state index in [2.05, 4.69) is 11.4 Å². The molecule has 17 heavy (non-hydrogen) atoms.